The molecule has 0 fully saturated rings. The lowest BCUT2D eigenvalue weighted by atomic mass is 10.1. The van der Waals surface area contributed by atoms with E-state index in [1.807, 2.05) is 25.4 Å². The van der Waals surface area contributed by atoms with Gasteiger partial charge in [-0.2, -0.15) is 0 Å². The molecule has 16 heavy (non-hydrogen) atoms. The third kappa shape index (κ3) is 3.57. The van der Waals surface area contributed by atoms with Crippen molar-refractivity contribution in [2.75, 3.05) is 13.6 Å². The maximum absolute atomic E-state index is 12.0. The molecule has 0 radical (unpaired) electrons. The van der Waals surface area contributed by atoms with E-state index < -0.39 is 0 Å². The molecule has 0 aromatic carbocycles. The van der Waals surface area contributed by atoms with E-state index in [1.165, 1.54) is 4.88 Å². The molecule has 1 atom stereocenters. The Hall–Kier alpha value is -0.390. The first kappa shape index (κ1) is 13.7. The van der Waals surface area contributed by atoms with Gasteiger partial charge in [-0.15, -0.1) is 11.3 Å². The van der Waals surface area contributed by atoms with Crippen molar-refractivity contribution in [1.82, 2.24) is 4.90 Å². The molecule has 0 saturated heterocycles. The second-order valence-electron chi connectivity index (χ2n) is 3.77. The fourth-order valence-electron chi connectivity index (χ4n) is 1.50. The number of halogens is 1. The van der Waals surface area contributed by atoms with Crippen molar-refractivity contribution in [2.45, 2.75) is 19.9 Å². The summed E-state index contributed by atoms with van der Waals surface area (Å²) in [6.07, 6.45) is 0.799. The zero-order chi connectivity index (χ0) is 12.1. The Bertz CT molecular complexity index is 350. The third-order valence-electron chi connectivity index (χ3n) is 2.52. The summed E-state index contributed by atoms with van der Waals surface area (Å²) in [7, 11) is 1.83. The Morgan fingerprint density at radius 2 is 2.38 bits per heavy atom. The number of carbonyl (C=O) groups excluding carboxylic acids is 1. The van der Waals surface area contributed by atoms with Gasteiger partial charge in [-0.1, -0.05) is 6.92 Å². The van der Waals surface area contributed by atoms with Gasteiger partial charge in [0.2, 0.25) is 5.91 Å². The summed E-state index contributed by atoms with van der Waals surface area (Å²) in [6, 6.07) is 2.04. The molecule has 3 nitrogen and oxygen atoms in total. The predicted molar refractivity (Wildman–Crippen MR) is 71.3 cm³/mol. The summed E-state index contributed by atoms with van der Waals surface area (Å²) in [5.74, 6) is 0.0860. The molecule has 0 bridgehead atoms. The topological polar surface area (TPSA) is 46.3 Å². The van der Waals surface area contributed by atoms with E-state index in [4.69, 9.17) is 5.73 Å². The van der Waals surface area contributed by atoms with Crippen molar-refractivity contribution in [2.24, 2.45) is 11.7 Å². The molecule has 5 heteroatoms. The number of nitrogens with zero attached hydrogens (tertiary/aromatic N) is 1. The van der Waals surface area contributed by atoms with E-state index in [-0.39, 0.29) is 11.8 Å². The molecule has 1 heterocycles. The highest BCUT2D eigenvalue weighted by atomic mass is 79.9. The average Bonchev–Trinajstić information content (AvgIpc) is 2.65. The monoisotopic (exact) mass is 304 g/mol. The van der Waals surface area contributed by atoms with Crippen molar-refractivity contribution >= 4 is 33.2 Å². The van der Waals surface area contributed by atoms with Gasteiger partial charge in [0.15, 0.2) is 0 Å². The molecule has 0 spiro atoms. The number of rotatable bonds is 5. The van der Waals surface area contributed by atoms with Crippen molar-refractivity contribution in [3.63, 3.8) is 0 Å². The number of hydrogen-bond donors (Lipinski definition) is 1. The van der Waals surface area contributed by atoms with Gasteiger partial charge in [-0.3, -0.25) is 4.79 Å². The summed E-state index contributed by atoms with van der Waals surface area (Å²) in [6.45, 7) is 3.07. The zero-order valence-electron chi connectivity index (χ0n) is 9.57. The first-order valence-electron chi connectivity index (χ1n) is 5.26. The largest absolute Gasteiger partial charge is 0.340 e. The lowest BCUT2D eigenvalue weighted by Gasteiger charge is -2.21. The van der Waals surface area contributed by atoms with Gasteiger partial charge in [0, 0.05) is 28.3 Å². The van der Waals surface area contributed by atoms with Crippen molar-refractivity contribution in [1.29, 1.82) is 0 Å². The first-order valence-corrected chi connectivity index (χ1v) is 6.93. The molecule has 2 N–H and O–H groups in total. The molecule has 0 saturated carbocycles. The average molecular weight is 305 g/mol. The molecular weight excluding hydrogens is 288 g/mol. The molecule has 0 aliphatic heterocycles. The van der Waals surface area contributed by atoms with Crippen LogP contribution in [-0.2, 0) is 11.3 Å². The van der Waals surface area contributed by atoms with Crippen LogP contribution in [0.1, 0.15) is 18.2 Å². The molecule has 1 aromatic heterocycles. The Balaban J connectivity index is 2.57. The lowest BCUT2D eigenvalue weighted by Crippen LogP contribution is -2.35. The van der Waals surface area contributed by atoms with E-state index in [0.29, 0.717) is 13.1 Å². The Labute approximate surface area is 109 Å². The highest BCUT2D eigenvalue weighted by Gasteiger charge is 2.19. The number of hydrogen-bond acceptors (Lipinski definition) is 3. The highest BCUT2D eigenvalue weighted by molar-refractivity contribution is 9.10. The normalized spacial score (nSPS) is 12.5. The SMILES string of the molecule is CCC(CN)C(=O)N(C)Cc1cc(Br)cs1. The van der Waals surface area contributed by atoms with Crippen LogP contribution < -0.4 is 5.73 Å². The molecule has 1 amide bonds. The van der Waals surface area contributed by atoms with Gasteiger partial charge in [-0.25, -0.2) is 0 Å². The van der Waals surface area contributed by atoms with Crippen LogP contribution in [0.5, 0.6) is 0 Å². The predicted octanol–water partition coefficient (Wildman–Crippen LogP) is 2.45. The number of thiophene rings is 1. The Kier molecular flexibility index (Phi) is 5.44. The van der Waals surface area contributed by atoms with Gasteiger partial charge >= 0.3 is 0 Å². The van der Waals surface area contributed by atoms with Crippen molar-refractivity contribution in [3.05, 3.63) is 20.8 Å². The zero-order valence-corrected chi connectivity index (χ0v) is 12.0. The van der Waals surface area contributed by atoms with Gasteiger partial charge in [-0.05, 0) is 28.4 Å². The summed E-state index contributed by atoms with van der Waals surface area (Å²) in [5.41, 5.74) is 5.57. The molecular formula is C11H17BrN2OS. The first-order chi connectivity index (χ1) is 7.58. The lowest BCUT2D eigenvalue weighted by molar-refractivity contribution is -0.134. The van der Waals surface area contributed by atoms with Gasteiger partial charge in [0.1, 0.15) is 0 Å². The molecule has 90 valence electrons. The van der Waals surface area contributed by atoms with Crippen LogP contribution in [0.2, 0.25) is 0 Å². The second-order valence-corrected chi connectivity index (χ2v) is 5.68. The van der Waals surface area contributed by atoms with Crippen molar-refractivity contribution in [3.8, 4) is 0 Å². The number of carbonyl (C=O) groups is 1. The van der Waals surface area contributed by atoms with Crippen LogP contribution in [0, 0.1) is 5.92 Å². The minimum absolute atomic E-state index is 0.0478. The standard InChI is InChI=1S/C11H17BrN2OS/c1-3-8(5-13)11(15)14(2)6-10-4-9(12)7-16-10/h4,7-8H,3,5-6,13H2,1-2H3. The summed E-state index contributed by atoms with van der Waals surface area (Å²) >= 11 is 5.05. The Morgan fingerprint density at radius 3 is 2.81 bits per heavy atom. The molecule has 0 aliphatic rings. The van der Waals surface area contributed by atoms with Crippen LogP contribution in [0.25, 0.3) is 0 Å². The maximum atomic E-state index is 12.0. The molecule has 0 aliphatic carbocycles. The minimum Gasteiger partial charge on any atom is -0.340 e. The van der Waals surface area contributed by atoms with Crippen LogP contribution in [0.3, 0.4) is 0 Å². The van der Waals surface area contributed by atoms with Gasteiger partial charge < -0.3 is 10.6 Å². The van der Waals surface area contributed by atoms with E-state index in [9.17, 15) is 4.79 Å². The summed E-state index contributed by atoms with van der Waals surface area (Å²) in [5, 5.41) is 2.02. The number of nitrogens with two attached hydrogens (primary N) is 1. The van der Waals surface area contributed by atoms with E-state index in [2.05, 4.69) is 15.9 Å². The fraction of sp³-hybridized carbons (Fsp3) is 0.545. The summed E-state index contributed by atoms with van der Waals surface area (Å²) < 4.78 is 1.07. The van der Waals surface area contributed by atoms with E-state index in [0.717, 1.165) is 10.9 Å². The fourth-order valence-corrected chi connectivity index (χ4v) is 3.01. The highest BCUT2D eigenvalue weighted by Crippen LogP contribution is 2.21. The van der Waals surface area contributed by atoms with Crippen LogP contribution in [0.4, 0.5) is 0 Å². The maximum Gasteiger partial charge on any atom is 0.227 e. The van der Waals surface area contributed by atoms with Gasteiger partial charge in [0.05, 0.1) is 12.5 Å². The van der Waals surface area contributed by atoms with Crippen LogP contribution >= 0.6 is 27.3 Å². The smallest absolute Gasteiger partial charge is 0.227 e. The number of amides is 1. The Morgan fingerprint density at radius 1 is 1.69 bits per heavy atom. The molecule has 1 aromatic rings. The molecule has 1 unspecified atom stereocenters. The van der Waals surface area contributed by atoms with Gasteiger partial charge in [0.25, 0.3) is 0 Å². The van der Waals surface area contributed by atoms with E-state index in [1.54, 1.807) is 16.2 Å². The minimum atomic E-state index is -0.0478. The summed E-state index contributed by atoms with van der Waals surface area (Å²) in [4.78, 5) is 14.9. The van der Waals surface area contributed by atoms with Crippen LogP contribution in [0.15, 0.2) is 15.9 Å². The van der Waals surface area contributed by atoms with Crippen molar-refractivity contribution < 1.29 is 4.79 Å². The van der Waals surface area contributed by atoms with Crippen LogP contribution in [-0.4, -0.2) is 24.4 Å². The third-order valence-corrected chi connectivity index (χ3v) is 4.20. The second kappa shape index (κ2) is 6.37. The quantitative estimate of drug-likeness (QED) is 0.908. The molecule has 1 rings (SSSR count). The van der Waals surface area contributed by atoms with E-state index >= 15 is 0 Å².